The van der Waals surface area contributed by atoms with E-state index in [9.17, 15) is 5.11 Å². The van der Waals surface area contributed by atoms with Crippen molar-refractivity contribution in [3.8, 4) is 11.5 Å². The predicted octanol–water partition coefficient (Wildman–Crippen LogP) is 5.08. The molecular formula is C19H18O2. The molecule has 0 radical (unpaired) electrons. The summed E-state index contributed by atoms with van der Waals surface area (Å²) in [6.45, 7) is 1.96. The highest BCUT2D eigenvalue weighted by Crippen LogP contribution is 2.30. The zero-order valence-electron chi connectivity index (χ0n) is 12.0. The van der Waals surface area contributed by atoms with Crippen molar-refractivity contribution < 1.29 is 9.84 Å². The molecular weight excluding hydrogens is 260 g/mol. The van der Waals surface area contributed by atoms with Crippen LogP contribution in [0.25, 0.3) is 10.8 Å². The van der Waals surface area contributed by atoms with Crippen molar-refractivity contribution in [3.05, 3.63) is 72.3 Å². The third-order valence-electron chi connectivity index (χ3n) is 3.63. The maximum Gasteiger partial charge on any atom is 0.135 e. The van der Waals surface area contributed by atoms with E-state index in [-0.39, 0.29) is 0 Å². The second-order valence-corrected chi connectivity index (χ2v) is 5.07. The molecule has 0 amide bonds. The van der Waals surface area contributed by atoms with Crippen molar-refractivity contribution in [2.75, 3.05) is 0 Å². The molecule has 0 aliphatic carbocycles. The molecule has 0 spiro atoms. The Balaban J connectivity index is 1.88. The fourth-order valence-electron chi connectivity index (χ4n) is 2.41. The Morgan fingerprint density at radius 3 is 2.38 bits per heavy atom. The topological polar surface area (TPSA) is 29.5 Å². The molecule has 1 atom stereocenters. The monoisotopic (exact) mass is 278 g/mol. The lowest BCUT2D eigenvalue weighted by Crippen LogP contribution is -1.94. The molecule has 0 aliphatic heterocycles. The number of aliphatic hydroxyl groups excluding tert-OH is 1. The van der Waals surface area contributed by atoms with Crippen LogP contribution in [0.2, 0.25) is 0 Å². The molecule has 0 bridgehead atoms. The summed E-state index contributed by atoms with van der Waals surface area (Å²) in [5.41, 5.74) is 0.919. The van der Waals surface area contributed by atoms with E-state index in [1.165, 1.54) is 0 Å². The lowest BCUT2D eigenvalue weighted by molar-refractivity contribution is 0.173. The molecule has 0 unspecified atom stereocenters. The van der Waals surface area contributed by atoms with Crippen molar-refractivity contribution in [2.24, 2.45) is 0 Å². The first-order valence-corrected chi connectivity index (χ1v) is 7.21. The fourth-order valence-corrected chi connectivity index (χ4v) is 2.41. The van der Waals surface area contributed by atoms with Gasteiger partial charge in [-0.2, -0.15) is 0 Å². The van der Waals surface area contributed by atoms with Crippen molar-refractivity contribution in [2.45, 2.75) is 19.4 Å². The smallest absolute Gasteiger partial charge is 0.135 e. The Morgan fingerprint density at radius 2 is 1.62 bits per heavy atom. The summed E-state index contributed by atoms with van der Waals surface area (Å²) in [6.07, 6.45) is 0.306. The minimum atomic E-state index is -0.406. The average molecular weight is 278 g/mol. The number of rotatable bonds is 4. The third-order valence-corrected chi connectivity index (χ3v) is 3.63. The van der Waals surface area contributed by atoms with Crippen LogP contribution in [0.1, 0.15) is 25.0 Å². The number of ether oxygens (including phenoxy) is 1. The number of fused-ring (bicyclic) bond motifs is 1. The highest BCUT2D eigenvalue weighted by atomic mass is 16.5. The third kappa shape index (κ3) is 2.91. The second-order valence-electron chi connectivity index (χ2n) is 5.07. The van der Waals surface area contributed by atoms with E-state index < -0.39 is 6.10 Å². The molecule has 21 heavy (non-hydrogen) atoms. The van der Waals surface area contributed by atoms with Crippen LogP contribution < -0.4 is 4.74 Å². The summed E-state index contributed by atoms with van der Waals surface area (Å²) in [4.78, 5) is 0. The first-order valence-electron chi connectivity index (χ1n) is 7.21. The van der Waals surface area contributed by atoms with Gasteiger partial charge in [0, 0.05) is 5.39 Å². The van der Waals surface area contributed by atoms with Crippen LogP contribution in [-0.4, -0.2) is 5.11 Å². The maximum absolute atomic E-state index is 9.81. The van der Waals surface area contributed by atoms with Gasteiger partial charge in [-0.05, 0) is 35.6 Å². The van der Waals surface area contributed by atoms with Crippen LogP contribution in [0.3, 0.4) is 0 Å². The van der Waals surface area contributed by atoms with Crippen LogP contribution in [0, 0.1) is 0 Å². The van der Waals surface area contributed by atoms with Crippen LogP contribution in [-0.2, 0) is 0 Å². The largest absolute Gasteiger partial charge is 0.457 e. The Bertz CT molecular complexity index is 727. The SMILES string of the molecule is CC[C@H](O)c1ccc(Oc2cccc3ccccc23)cc1. The molecule has 106 valence electrons. The summed E-state index contributed by atoms with van der Waals surface area (Å²) >= 11 is 0. The van der Waals surface area contributed by atoms with Crippen molar-refractivity contribution in [1.29, 1.82) is 0 Å². The summed E-state index contributed by atoms with van der Waals surface area (Å²) in [7, 11) is 0. The van der Waals surface area contributed by atoms with E-state index in [1.54, 1.807) is 0 Å². The van der Waals surface area contributed by atoms with Gasteiger partial charge in [-0.1, -0.05) is 55.5 Å². The minimum absolute atomic E-state index is 0.406. The van der Waals surface area contributed by atoms with E-state index >= 15 is 0 Å². The van der Waals surface area contributed by atoms with Crippen LogP contribution in [0.15, 0.2) is 66.7 Å². The summed E-state index contributed by atoms with van der Waals surface area (Å²) in [5, 5.41) is 12.1. The second kappa shape index (κ2) is 5.98. The number of hydrogen-bond donors (Lipinski definition) is 1. The normalized spacial score (nSPS) is 12.3. The fraction of sp³-hybridized carbons (Fsp3) is 0.158. The lowest BCUT2D eigenvalue weighted by Gasteiger charge is -2.11. The zero-order valence-corrected chi connectivity index (χ0v) is 12.0. The highest BCUT2D eigenvalue weighted by molar-refractivity contribution is 5.88. The molecule has 0 saturated carbocycles. The van der Waals surface area contributed by atoms with E-state index in [1.807, 2.05) is 55.5 Å². The van der Waals surface area contributed by atoms with Gasteiger partial charge in [0.25, 0.3) is 0 Å². The molecule has 1 N–H and O–H groups in total. The molecule has 0 heterocycles. The Kier molecular flexibility index (Phi) is 3.89. The average Bonchev–Trinajstić information content (AvgIpc) is 2.55. The van der Waals surface area contributed by atoms with E-state index in [0.717, 1.165) is 27.8 Å². The van der Waals surface area contributed by atoms with Crippen molar-refractivity contribution in [3.63, 3.8) is 0 Å². The molecule has 2 heteroatoms. The van der Waals surface area contributed by atoms with Gasteiger partial charge in [0.1, 0.15) is 11.5 Å². The molecule has 3 aromatic rings. The van der Waals surface area contributed by atoms with Gasteiger partial charge < -0.3 is 9.84 Å². The van der Waals surface area contributed by atoms with Crippen LogP contribution >= 0.6 is 0 Å². The zero-order chi connectivity index (χ0) is 14.7. The predicted molar refractivity (Wildman–Crippen MR) is 85.7 cm³/mol. The summed E-state index contributed by atoms with van der Waals surface area (Å²) in [6, 6.07) is 21.8. The Labute approximate surface area is 124 Å². The van der Waals surface area contributed by atoms with Gasteiger partial charge in [0.2, 0.25) is 0 Å². The summed E-state index contributed by atoms with van der Waals surface area (Å²) < 4.78 is 5.98. The number of benzene rings is 3. The Hall–Kier alpha value is -2.32. The Morgan fingerprint density at radius 1 is 0.905 bits per heavy atom. The lowest BCUT2D eigenvalue weighted by atomic mass is 10.1. The quantitative estimate of drug-likeness (QED) is 0.721. The first kappa shape index (κ1) is 13.7. The molecule has 3 rings (SSSR count). The van der Waals surface area contributed by atoms with E-state index in [0.29, 0.717) is 6.42 Å². The van der Waals surface area contributed by atoms with Gasteiger partial charge >= 0.3 is 0 Å². The number of hydrogen-bond acceptors (Lipinski definition) is 2. The van der Waals surface area contributed by atoms with Gasteiger partial charge in [-0.15, -0.1) is 0 Å². The van der Waals surface area contributed by atoms with Gasteiger partial charge in [0.15, 0.2) is 0 Å². The molecule has 0 saturated heterocycles. The maximum atomic E-state index is 9.81. The standard InChI is InChI=1S/C19H18O2/c1-2-18(20)15-10-12-16(13-11-15)21-19-9-5-7-14-6-3-4-8-17(14)19/h3-13,18,20H,2H2,1H3/t18-/m0/s1. The highest BCUT2D eigenvalue weighted by Gasteiger charge is 2.06. The van der Waals surface area contributed by atoms with E-state index in [2.05, 4.69) is 18.2 Å². The van der Waals surface area contributed by atoms with Gasteiger partial charge in [-0.3, -0.25) is 0 Å². The molecule has 0 aliphatic rings. The van der Waals surface area contributed by atoms with Crippen molar-refractivity contribution in [1.82, 2.24) is 0 Å². The first-order chi connectivity index (χ1) is 10.3. The van der Waals surface area contributed by atoms with Gasteiger partial charge in [0.05, 0.1) is 6.10 Å². The molecule has 2 nitrogen and oxygen atoms in total. The summed E-state index contributed by atoms with van der Waals surface area (Å²) in [5.74, 6) is 1.62. The van der Waals surface area contributed by atoms with Crippen molar-refractivity contribution >= 4 is 10.8 Å². The van der Waals surface area contributed by atoms with Crippen LogP contribution in [0.4, 0.5) is 0 Å². The molecule has 0 fully saturated rings. The minimum Gasteiger partial charge on any atom is -0.457 e. The molecule has 0 aromatic heterocycles. The number of aliphatic hydroxyl groups is 1. The van der Waals surface area contributed by atoms with E-state index in [4.69, 9.17) is 4.74 Å². The molecule has 3 aromatic carbocycles. The van der Waals surface area contributed by atoms with Gasteiger partial charge in [-0.25, -0.2) is 0 Å². The van der Waals surface area contributed by atoms with Crippen LogP contribution in [0.5, 0.6) is 11.5 Å².